The first-order chi connectivity index (χ1) is 2.64. The van der Waals surface area contributed by atoms with Gasteiger partial charge in [0.2, 0.25) is 0 Å². The minimum atomic E-state index is -1.82. The number of hydrogen-bond donors (Lipinski definition) is 2. The molecule has 55 valence electrons. The first-order valence-electron chi connectivity index (χ1n) is 1.11. The van der Waals surface area contributed by atoms with Crippen molar-refractivity contribution in [2.24, 2.45) is 0 Å². The number of carbonyl (C=O) groups is 2. The summed E-state index contributed by atoms with van der Waals surface area (Å²) in [6.07, 6.45) is 0. The zero-order valence-corrected chi connectivity index (χ0v) is 5.55. The molecule has 0 saturated carbocycles. The molecule has 6 N–H and O–H groups in total. The van der Waals surface area contributed by atoms with Crippen LogP contribution in [0, 0.1) is 0 Å². The predicted octanol–water partition coefficient (Wildman–Crippen LogP) is -2.50. The van der Waals surface area contributed by atoms with Crippen LogP contribution in [-0.2, 0) is 28.1 Å². The largest absolute Gasteiger partial charge is 0.473 e. The van der Waals surface area contributed by atoms with E-state index in [1.54, 1.807) is 0 Å². The summed E-state index contributed by atoms with van der Waals surface area (Å²) in [6.45, 7) is 0. The molecule has 0 aliphatic carbocycles. The van der Waals surface area contributed by atoms with Crippen molar-refractivity contribution in [1.82, 2.24) is 0 Å². The fraction of sp³-hybridized carbons (Fsp3) is 0. The molecule has 0 aromatic carbocycles. The molecule has 0 spiro atoms. The van der Waals surface area contributed by atoms with Crippen LogP contribution in [-0.4, -0.2) is 33.1 Å². The minimum Gasteiger partial charge on any atom is -0.473 e. The van der Waals surface area contributed by atoms with Gasteiger partial charge in [0.1, 0.15) is 0 Å². The molecule has 0 unspecified atom stereocenters. The van der Waals surface area contributed by atoms with Gasteiger partial charge < -0.3 is 21.2 Å². The molecule has 0 bridgehead atoms. The molecule has 0 amide bonds. The third kappa shape index (κ3) is 18.6. The summed E-state index contributed by atoms with van der Waals surface area (Å²) in [4.78, 5) is 18.2. The molecule has 7 heteroatoms. The van der Waals surface area contributed by atoms with Crippen LogP contribution in [0.1, 0.15) is 0 Å². The number of hydrogen-bond acceptors (Lipinski definition) is 2. The maximum absolute atomic E-state index is 9.10. The molecule has 0 rings (SSSR count). The van der Waals surface area contributed by atoms with Crippen LogP contribution < -0.4 is 0 Å². The molecule has 0 saturated heterocycles. The zero-order valence-electron chi connectivity index (χ0n) is 4.16. The van der Waals surface area contributed by atoms with Gasteiger partial charge >= 0.3 is 11.9 Å². The van der Waals surface area contributed by atoms with Crippen LogP contribution >= 0.6 is 0 Å². The molecular formula is C2H6O6V. The Labute approximate surface area is 62.0 Å². The van der Waals surface area contributed by atoms with E-state index in [1.807, 2.05) is 0 Å². The summed E-state index contributed by atoms with van der Waals surface area (Å²) in [5.74, 6) is -3.65. The fourth-order valence-electron chi connectivity index (χ4n) is 0. The van der Waals surface area contributed by atoms with E-state index in [-0.39, 0.29) is 29.5 Å². The summed E-state index contributed by atoms with van der Waals surface area (Å²) >= 11 is 0. The molecule has 0 fully saturated rings. The van der Waals surface area contributed by atoms with E-state index in [0.717, 1.165) is 0 Å². The monoisotopic (exact) mass is 177 g/mol. The van der Waals surface area contributed by atoms with Crippen molar-refractivity contribution in [3.63, 3.8) is 0 Å². The zero-order chi connectivity index (χ0) is 5.15. The molecule has 0 aliphatic rings. The second-order valence-electron chi connectivity index (χ2n) is 0.610. The van der Waals surface area contributed by atoms with Crippen molar-refractivity contribution in [3.05, 3.63) is 0 Å². The van der Waals surface area contributed by atoms with Crippen molar-refractivity contribution in [2.75, 3.05) is 0 Å². The summed E-state index contributed by atoms with van der Waals surface area (Å²) in [7, 11) is 0. The molecule has 0 aromatic heterocycles. The third-order valence-electron chi connectivity index (χ3n) is 0.183. The van der Waals surface area contributed by atoms with Crippen LogP contribution in [0.4, 0.5) is 0 Å². The quantitative estimate of drug-likeness (QED) is 0.395. The predicted molar refractivity (Wildman–Crippen MR) is 22.5 cm³/mol. The van der Waals surface area contributed by atoms with Gasteiger partial charge in [-0.05, 0) is 0 Å². The standard InChI is InChI=1S/C2H2O4.2H2O.V/c3-1(4)2(5)6;;;/h(H,3,4)(H,5,6);2*1H2;. The van der Waals surface area contributed by atoms with E-state index >= 15 is 0 Å². The SMILES string of the molecule is O.O.O=C(O)C(=O)O.[V]. The van der Waals surface area contributed by atoms with Crippen LogP contribution in [0.3, 0.4) is 0 Å². The first kappa shape index (κ1) is 23.7. The van der Waals surface area contributed by atoms with Crippen molar-refractivity contribution in [1.29, 1.82) is 0 Å². The average Bonchev–Trinajstić information content (AvgIpc) is 1.36. The summed E-state index contributed by atoms with van der Waals surface area (Å²) in [5, 5.41) is 14.8. The maximum Gasteiger partial charge on any atom is 0.414 e. The van der Waals surface area contributed by atoms with E-state index in [0.29, 0.717) is 0 Å². The Morgan fingerprint density at radius 2 is 1.00 bits per heavy atom. The Hall–Kier alpha value is -0.556. The topological polar surface area (TPSA) is 138 Å². The molecule has 6 nitrogen and oxygen atoms in total. The summed E-state index contributed by atoms with van der Waals surface area (Å²) < 4.78 is 0. The van der Waals surface area contributed by atoms with Gasteiger partial charge in [0.15, 0.2) is 0 Å². The first-order valence-corrected chi connectivity index (χ1v) is 1.11. The normalized spacial score (nSPS) is 4.89. The molecule has 0 aromatic rings. The van der Waals surface area contributed by atoms with E-state index in [4.69, 9.17) is 19.8 Å². The van der Waals surface area contributed by atoms with Gasteiger partial charge in [0.25, 0.3) is 0 Å². The number of rotatable bonds is 0. The minimum absolute atomic E-state index is 0. The van der Waals surface area contributed by atoms with E-state index in [2.05, 4.69) is 0 Å². The van der Waals surface area contributed by atoms with Crippen LogP contribution in [0.2, 0.25) is 0 Å². The van der Waals surface area contributed by atoms with Gasteiger partial charge in [-0.3, -0.25) is 0 Å². The van der Waals surface area contributed by atoms with Gasteiger partial charge in [0, 0.05) is 18.6 Å². The van der Waals surface area contributed by atoms with E-state index < -0.39 is 11.9 Å². The van der Waals surface area contributed by atoms with Crippen molar-refractivity contribution in [3.8, 4) is 0 Å². The number of carboxylic acid groups (broad SMARTS) is 2. The molecular weight excluding hydrogens is 171 g/mol. The Morgan fingerprint density at radius 1 is 0.889 bits per heavy atom. The van der Waals surface area contributed by atoms with Crippen LogP contribution in [0.25, 0.3) is 0 Å². The fourth-order valence-corrected chi connectivity index (χ4v) is 0. The van der Waals surface area contributed by atoms with E-state index in [1.165, 1.54) is 0 Å². The molecule has 0 heterocycles. The van der Waals surface area contributed by atoms with Crippen LogP contribution in [0.15, 0.2) is 0 Å². The Bertz CT molecular complexity index is 77.1. The molecule has 0 aliphatic heterocycles. The Balaban J connectivity index is -0.0000000417. The van der Waals surface area contributed by atoms with Crippen molar-refractivity contribution < 1.29 is 49.3 Å². The van der Waals surface area contributed by atoms with Gasteiger partial charge in [-0.15, -0.1) is 0 Å². The second-order valence-corrected chi connectivity index (χ2v) is 0.610. The van der Waals surface area contributed by atoms with Gasteiger partial charge in [-0.25, -0.2) is 9.59 Å². The number of aliphatic carboxylic acids is 2. The molecule has 9 heavy (non-hydrogen) atoms. The van der Waals surface area contributed by atoms with Crippen LogP contribution in [0.5, 0.6) is 0 Å². The second kappa shape index (κ2) is 10.4. The van der Waals surface area contributed by atoms with Gasteiger partial charge in [0.05, 0.1) is 0 Å². The number of carboxylic acids is 2. The summed E-state index contributed by atoms with van der Waals surface area (Å²) in [5.41, 5.74) is 0. The smallest absolute Gasteiger partial charge is 0.414 e. The molecule has 0 atom stereocenters. The third-order valence-corrected chi connectivity index (χ3v) is 0.183. The Morgan fingerprint density at radius 3 is 1.00 bits per heavy atom. The van der Waals surface area contributed by atoms with Crippen molar-refractivity contribution >= 4 is 11.9 Å². The Kier molecular flexibility index (Phi) is 27.5. The van der Waals surface area contributed by atoms with Crippen molar-refractivity contribution in [2.45, 2.75) is 0 Å². The average molecular weight is 177 g/mol. The maximum atomic E-state index is 9.10. The van der Waals surface area contributed by atoms with Gasteiger partial charge in [-0.1, -0.05) is 0 Å². The van der Waals surface area contributed by atoms with Gasteiger partial charge in [-0.2, -0.15) is 0 Å². The molecule has 1 radical (unpaired) electrons. The van der Waals surface area contributed by atoms with E-state index in [9.17, 15) is 0 Å². The summed E-state index contributed by atoms with van der Waals surface area (Å²) in [6, 6.07) is 0.